The van der Waals surface area contributed by atoms with Crippen LogP contribution in [0.5, 0.6) is 0 Å². The molecular weight excluding hydrogens is 683 g/mol. The fourth-order valence-electron chi connectivity index (χ4n) is 14.2. The van der Waals surface area contributed by atoms with Crippen molar-refractivity contribution < 1.29 is 23.8 Å². The van der Waals surface area contributed by atoms with Gasteiger partial charge in [-0.3, -0.25) is 9.59 Å². The molecule has 12 atom stereocenters. The van der Waals surface area contributed by atoms with Gasteiger partial charge in [0, 0.05) is 36.1 Å². The number of fused-ring (bicyclic) bond motifs is 7. The van der Waals surface area contributed by atoms with Crippen LogP contribution in [0.3, 0.4) is 0 Å². The van der Waals surface area contributed by atoms with Crippen molar-refractivity contribution in [2.75, 3.05) is 45.3 Å². The van der Waals surface area contributed by atoms with Gasteiger partial charge >= 0.3 is 5.97 Å². The molecule has 0 radical (unpaired) electrons. The van der Waals surface area contributed by atoms with Crippen molar-refractivity contribution in [2.45, 2.75) is 155 Å². The van der Waals surface area contributed by atoms with E-state index in [1.807, 2.05) is 11.8 Å². The standard InChI is InChI=1S/C44H77N3O5S/c1-29(2)30-14-20-44(21-15-32-31(38(30)44)12-13-36-42(32,5)19-16-35-41(3,4)17-9-18-43(35,36)6)40(49)52-27-26-51-25-24-50-23-22-47-37(48)11-8-7-10-34-39(46)33(45)28-53-34/h29-36,38-39H,7-28,45-46H2,1-6H3,(H,47,48)/t30-,31?,32?,33?,34?,35?,36-,38?,39?,42-,43-,44-/m0/s1. The average Bonchev–Trinajstić information content (AvgIpc) is 3.67. The summed E-state index contributed by atoms with van der Waals surface area (Å²) in [6, 6.07) is 0.170. The maximum absolute atomic E-state index is 14.2. The maximum Gasteiger partial charge on any atom is 0.312 e. The van der Waals surface area contributed by atoms with Gasteiger partial charge in [0.05, 0.1) is 31.8 Å². The van der Waals surface area contributed by atoms with Crippen LogP contribution in [0.2, 0.25) is 0 Å². The monoisotopic (exact) mass is 760 g/mol. The Morgan fingerprint density at radius 2 is 1.55 bits per heavy atom. The number of carbonyl (C=O) groups excluding carboxylic acids is 2. The molecule has 304 valence electrons. The first kappa shape index (κ1) is 41.8. The van der Waals surface area contributed by atoms with Crippen molar-refractivity contribution in [2.24, 2.45) is 74.6 Å². The molecule has 0 aromatic carbocycles. The second-order valence-electron chi connectivity index (χ2n) is 20.1. The molecular formula is C44H77N3O5S. The van der Waals surface area contributed by atoms with Crippen molar-refractivity contribution in [1.82, 2.24) is 5.32 Å². The Kier molecular flexibility index (Phi) is 13.6. The zero-order valence-electron chi connectivity index (χ0n) is 34.4. The fraction of sp³-hybridized carbons (Fsp3) is 0.955. The highest BCUT2D eigenvalue weighted by Gasteiger charge is 2.68. The topological polar surface area (TPSA) is 126 Å². The summed E-state index contributed by atoms with van der Waals surface area (Å²) in [4.78, 5) is 26.4. The number of thioether (sulfide) groups is 1. The third-order valence-electron chi connectivity index (χ3n) is 16.6. The molecule has 5 N–H and O–H groups in total. The van der Waals surface area contributed by atoms with Gasteiger partial charge in [-0.05, 0) is 135 Å². The van der Waals surface area contributed by atoms with Gasteiger partial charge in [0.25, 0.3) is 0 Å². The van der Waals surface area contributed by atoms with Gasteiger partial charge in [-0.2, -0.15) is 11.8 Å². The Balaban J connectivity index is 0.908. The van der Waals surface area contributed by atoms with Gasteiger partial charge in [0.15, 0.2) is 0 Å². The minimum atomic E-state index is -0.322. The summed E-state index contributed by atoms with van der Waals surface area (Å²) in [5.74, 6) is 5.74. The molecule has 5 aliphatic carbocycles. The Labute approximate surface area is 326 Å². The summed E-state index contributed by atoms with van der Waals surface area (Å²) in [6.07, 6.45) is 17.4. The number of carbonyl (C=O) groups is 2. The molecule has 6 fully saturated rings. The third-order valence-corrected chi connectivity index (χ3v) is 18.2. The second-order valence-corrected chi connectivity index (χ2v) is 21.4. The minimum absolute atomic E-state index is 0.0573. The molecule has 9 heteroatoms. The lowest BCUT2D eigenvalue weighted by atomic mass is 9.36. The van der Waals surface area contributed by atoms with E-state index in [1.165, 1.54) is 51.4 Å². The first-order valence-electron chi connectivity index (χ1n) is 22.0. The third kappa shape index (κ3) is 8.41. The molecule has 1 heterocycles. The lowest BCUT2D eigenvalue weighted by Crippen LogP contribution is -2.62. The Bertz CT molecular complexity index is 1250. The molecule has 8 nitrogen and oxygen atoms in total. The van der Waals surface area contributed by atoms with E-state index in [2.05, 4.69) is 46.9 Å². The number of ether oxygens (including phenoxy) is 3. The normalized spacial score (nSPS) is 41.6. The summed E-state index contributed by atoms with van der Waals surface area (Å²) >= 11 is 1.86. The maximum atomic E-state index is 14.2. The molecule has 1 aliphatic heterocycles. The van der Waals surface area contributed by atoms with Gasteiger partial charge in [-0.15, -0.1) is 0 Å². The number of hydrogen-bond acceptors (Lipinski definition) is 8. The number of amides is 1. The highest BCUT2D eigenvalue weighted by atomic mass is 32.2. The quantitative estimate of drug-likeness (QED) is 0.108. The van der Waals surface area contributed by atoms with Crippen LogP contribution in [-0.4, -0.2) is 74.5 Å². The molecule has 5 saturated carbocycles. The molecule has 1 amide bonds. The van der Waals surface area contributed by atoms with Gasteiger partial charge in [-0.1, -0.05) is 54.4 Å². The van der Waals surface area contributed by atoms with E-state index in [9.17, 15) is 9.59 Å². The van der Waals surface area contributed by atoms with E-state index in [4.69, 9.17) is 25.7 Å². The average molecular weight is 760 g/mol. The van der Waals surface area contributed by atoms with E-state index >= 15 is 0 Å². The van der Waals surface area contributed by atoms with Crippen LogP contribution in [-0.2, 0) is 23.8 Å². The smallest absolute Gasteiger partial charge is 0.312 e. The second kappa shape index (κ2) is 17.3. The van der Waals surface area contributed by atoms with E-state index in [1.54, 1.807) is 0 Å². The lowest BCUT2D eigenvalue weighted by Gasteiger charge is -2.68. The lowest BCUT2D eigenvalue weighted by molar-refractivity contribution is -0.206. The summed E-state index contributed by atoms with van der Waals surface area (Å²) < 4.78 is 17.6. The molecule has 53 heavy (non-hydrogen) atoms. The molecule has 7 unspecified atom stereocenters. The number of unbranched alkanes of at least 4 members (excludes halogenated alkanes) is 1. The molecule has 0 spiro atoms. The molecule has 6 rings (SSSR count). The Morgan fingerprint density at radius 3 is 2.28 bits per heavy atom. The van der Waals surface area contributed by atoms with Crippen LogP contribution in [0.25, 0.3) is 0 Å². The highest BCUT2D eigenvalue weighted by molar-refractivity contribution is 8.00. The van der Waals surface area contributed by atoms with Crippen LogP contribution in [0, 0.1) is 63.1 Å². The van der Waals surface area contributed by atoms with Crippen molar-refractivity contribution in [1.29, 1.82) is 0 Å². The predicted molar refractivity (Wildman–Crippen MR) is 215 cm³/mol. The van der Waals surface area contributed by atoms with Gasteiger partial charge in [-0.25, -0.2) is 0 Å². The predicted octanol–water partition coefficient (Wildman–Crippen LogP) is 7.75. The van der Waals surface area contributed by atoms with E-state index < -0.39 is 0 Å². The summed E-state index contributed by atoms with van der Waals surface area (Å²) in [7, 11) is 0. The largest absolute Gasteiger partial charge is 0.463 e. The van der Waals surface area contributed by atoms with Crippen LogP contribution in [0.15, 0.2) is 0 Å². The van der Waals surface area contributed by atoms with Crippen molar-refractivity contribution >= 4 is 23.6 Å². The highest BCUT2D eigenvalue weighted by Crippen LogP contribution is 2.73. The van der Waals surface area contributed by atoms with Crippen molar-refractivity contribution in [3.05, 3.63) is 0 Å². The number of nitrogens with two attached hydrogens (primary N) is 2. The van der Waals surface area contributed by atoms with E-state index in [0.717, 1.165) is 62.0 Å². The van der Waals surface area contributed by atoms with Crippen molar-refractivity contribution in [3.8, 4) is 0 Å². The fourth-order valence-corrected chi connectivity index (χ4v) is 15.6. The molecule has 0 aromatic heterocycles. The van der Waals surface area contributed by atoms with Crippen molar-refractivity contribution in [3.63, 3.8) is 0 Å². The molecule has 6 aliphatic rings. The summed E-state index contributed by atoms with van der Waals surface area (Å²) in [6.45, 7) is 17.9. The van der Waals surface area contributed by atoms with Crippen LogP contribution < -0.4 is 16.8 Å². The number of hydrogen-bond donors (Lipinski definition) is 3. The molecule has 0 aromatic rings. The van der Waals surface area contributed by atoms with E-state index in [0.29, 0.717) is 91.2 Å². The number of rotatable bonds is 16. The Hall–Kier alpha value is -0.870. The van der Waals surface area contributed by atoms with Gasteiger partial charge in [0.2, 0.25) is 5.91 Å². The van der Waals surface area contributed by atoms with Gasteiger partial charge < -0.3 is 31.0 Å². The number of nitrogens with one attached hydrogen (secondary N) is 1. The Morgan fingerprint density at radius 1 is 0.811 bits per heavy atom. The zero-order valence-corrected chi connectivity index (χ0v) is 35.3. The van der Waals surface area contributed by atoms with Crippen LogP contribution in [0.4, 0.5) is 0 Å². The SMILES string of the molecule is CC(C)[C@@H]1CC[C@]2(C(=O)OCCOCCOCCNC(=O)CCCCC3SCC(N)C3N)CCC3C(CC[C@H]4[C@@]3(C)CCC3C(C)(C)CCC[C@@]34C)C12. The van der Waals surface area contributed by atoms with Gasteiger partial charge in [0.1, 0.15) is 6.61 Å². The zero-order chi connectivity index (χ0) is 38.0. The molecule has 0 bridgehead atoms. The molecule has 1 saturated heterocycles. The minimum Gasteiger partial charge on any atom is -0.463 e. The first-order valence-corrected chi connectivity index (χ1v) is 23.0. The van der Waals surface area contributed by atoms with Crippen LogP contribution in [0.1, 0.15) is 138 Å². The van der Waals surface area contributed by atoms with E-state index in [-0.39, 0.29) is 29.4 Å². The summed E-state index contributed by atoms with van der Waals surface area (Å²) in [5.41, 5.74) is 13.2. The first-order chi connectivity index (χ1) is 25.2. The number of esters is 1. The summed E-state index contributed by atoms with van der Waals surface area (Å²) in [5, 5.41) is 3.37. The van der Waals surface area contributed by atoms with Crippen LogP contribution >= 0.6 is 11.8 Å².